The smallest absolute Gasteiger partial charge is 0.263 e. The molecule has 32 heavy (non-hydrogen) atoms. The molecule has 10 heteroatoms. The Balaban J connectivity index is 1.27. The normalized spacial score (nSPS) is 20.6. The summed E-state index contributed by atoms with van der Waals surface area (Å²) in [6.07, 6.45) is 9.70. The predicted octanol–water partition coefficient (Wildman–Crippen LogP) is 2.27. The summed E-state index contributed by atoms with van der Waals surface area (Å²) < 4.78 is 13.1. The maximum Gasteiger partial charge on any atom is 0.263 e. The van der Waals surface area contributed by atoms with Gasteiger partial charge >= 0.3 is 0 Å². The lowest BCUT2D eigenvalue weighted by Gasteiger charge is -2.25. The summed E-state index contributed by atoms with van der Waals surface area (Å²) in [5.41, 5.74) is 1.82. The lowest BCUT2D eigenvalue weighted by Crippen LogP contribution is -2.41. The lowest BCUT2D eigenvalue weighted by atomic mass is 10.1. The van der Waals surface area contributed by atoms with Gasteiger partial charge in [-0.1, -0.05) is 17.4 Å². The molecule has 3 aromatic rings. The maximum absolute atomic E-state index is 13.2. The highest BCUT2D eigenvalue weighted by molar-refractivity contribution is 7.17. The van der Waals surface area contributed by atoms with E-state index in [2.05, 4.69) is 15.3 Å². The topological polar surface area (TPSA) is 98.1 Å². The first kappa shape index (κ1) is 21.0. The monoisotopic (exact) mass is 455 g/mol. The molecule has 0 spiro atoms. The number of pyridine rings is 1. The highest BCUT2D eigenvalue weighted by atomic mass is 32.1. The van der Waals surface area contributed by atoms with Crippen molar-refractivity contribution in [3.8, 4) is 0 Å². The van der Waals surface area contributed by atoms with E-state index in [-0.39, 0.29) is 23.8 Å². The molecule has 0 radical (unpaired) electrons. The van der Waals surface area contributed by atoms with Crippen LogP contribution in [0.25, 0.3) is 5.65 Å². The molecule has 0 aromatic carbocycles. The molecule has 3 aromatic heterocycles. The maximum atomic E-state index is 13.2. The average Bonchev–Trinajstić information content (AvgIpc) is 3.62. The summed E-state index contributed by atoms with van der Waals surface area (Å²) in [7, 11) is 0. The molecule has 2 amide bonds. The zero-order valence-corrected chi connectivity index (χ0v) is 18.4. The number of carbonyl (C=O) groups excluding carboxylic acids is 2. The van der Waals surface area contributed by atoms with E-state index in [4.69, 9.17) is 9.47 Å². The number of nitrogens with zero attached hydrogens (tertiary/aromatic N) is 4. The van der Waals surface area contributed by atoms with E-state index in [9.17, 15) is 9.59 Å². The van der Waals surface area contributed by atoms with Crippen molar-refractivity contribution < 1.29 is 19.1 Å². The Bertz CT molecular complexity index is 1100. The number of amides is 2. The number of ether oxygens (including phenoxy) is 2. The Morgan fingerprint density at radius 1 is 1.25 bits per heavy atom. The number of aromatic nitrogens is 3. The fourth-order valence-corrected chi connectivity index (χ4v) is 4.89. The van der Waals surface area contributed by atoms with Gasteiger partial charge in [0, 0.05) is 38.3 Å². The Labute approximate surface area is 189 Å². The fourth-order valence-electron chi connectivity index (χ4n) is 4.04. The van der Waals surface area contributed by atoms with Crippen molar-refractivity contribution >= 4 is 33.9 Å². The molecule has 2 fully saturated rings. The first-order valence-corrected chi connectivity index (χ1v) is 11.7. The van der Waals surface area contributed by atoms with E-state index in [0.717, 1.165) is 30.7 Å². The second-order valence-electron chi connectivity index (χ2n) is 8.06. The third-order valence-electron chi connectivity index (χ3n) is 5.81. The SMILES string of the molecule is O=C(NCc1ccc2nccn2c1)c1cnc(N(C[C@H]2CCCO2)C(=O)C2CCOC2)s1. The number of fused-ring (bicyclic) bond motifs is 1. The van der Waals surface area contributed by atoms with E-state index in [1.165, 1.54) is 17.5 Å². The summed E-state index contributed by atoms with van der Waals surface area (Å²) in [5.74, 6) is -0.392. The van der Waals surface area contributed by atoms with Crippen LogP contribution in [0.15, 0.2) is 36.9 Å². The highest BCUT2D eigenvalue weighted by Crippen LogP contribution is 2.28. The number of thiazole rings is 1. The lowest BCUT2D eigenvalue weighted by molar-refractivity contribution is -0.122. The largest absolute Gasteiger partial charge is 0.381 e. The van der Waals surface area contributed by atoms with Crippen molar-refractivity contribution in [1.29, 1.82) is 0 Å². The number of anilines is 1. The minimum atomic E-state index is -0.215. The van der Waals surface area contributed by atoms with Crippen LogP contribution < -0.4 is 10.2 Å². The van der Waals surface area contributed by atoms with Crippen molar-refractivity contribution in [3.05, 3.63) is 47.4 Å². The first-order valence-electron chi connectivity index (χ1n) is 10.8. The van der Waals surface area contributed by atoms with Gasteiger partial charge in [0.25, 0.3) is 5.91 Å². The van der Waals surface area contributed by atoms with Gasteiger partial charge in [-0.25, -0.2) is 9.97 Å². The highest BCUT2D eigenvalue weighted by Gasteiger charge is 2.33. The van der Waals surface area contributed by atoms with E-state index >= 15 is 0 Å². The molecule has 0 saturated carbocycles. The van der Waals surface area contributed by atoms with E-state index < -0.39 is 0 Å². The van der Waals surface area contributed by atoms with Crippen molar-refractivity contribution in [3.63, 3.8) is 0 Å². The Hall–Kier alpha value is -2.82. The first-order chi connectivity index (χ1) is 15.7. The third kappa shape index (κ3) is 4.52. The number of hydrogen-bond donors (Lipinski definition) is 1. The molecule has 2 aliphatic heterocycles. The van der Waals surface area contributed by atoms with Gasteiger partial charge in [-0.15, -0.1) is 0 Å². The van der Waals surface area contributed by atoms with Crippen molar-refractivity contribution in [2.45, 2.75) is 31.9 Å². The zero-order chi connectivity index (χ0) is 21.9. The Kier molecular flexibility index (Phi) is 6.15. The molecule has 5 heterocycles. The van der Waals surface area contributed by atoms with Crippen LogP contribution in [0.2, 0.25) is 0 Å². The predicted molar refractivity (Wildman–Crippen MR) is 119 cm³/mol. The molecule has 0 aliphatic carbocycles. The second-order valence-corrected chi connectivity index (χ2v) is 9.07. The summed E-state index contributed by atoms with van der Waals surface area (Å²) in [6.45, 7) is 2.59. The van der Waals surface area contributed by atoms with Gasteiger partial charge in [0.15, 0.2) is 5.13 Å². The average molecular weight is 456 g/mol. The van der Waals surface area contributed by atoms with Gasteiger partial charge in [-0.05, 0) is 30.9 Å². The van der Waals surface area contributed by atoms with Crippen molar-refractivity contribution in [1.82, 2.24) is 19.7 Å². The fraction of sp³-hybridized carbons (Fsp3) is 0.455. The number of imidazole rings is 1. The number of rotatable bonds is 7. The van der Waals surface area contributed by atoms with Crippen LogP contribution in [-0.4, -0.2) is 58.7 Å². The van der Waals surface area contributed by atoms with Crippen LogP contribution in [0.1, 0.15) is 34.5 Å². The van der Waals surface area contributed by atoms with Gasteiger partial charge in [0.2, 0.25) is 5.91 Å². The molecular weight excluding hydrogens is 430 g/mol. The molecule has 168 valence electrons. The van der Waals surface area contributed by atoms with Crippen LogP contribution in [0.5, 0.6) is 0 Å². The van der Waals surface area contributed by atoms with Gasteiger partial charge in [0.1, 0.15) is 10.5 Å². The second kappa shape index (κ2) is 9.35. The van der Waals surface area contributed by atoms with Gasteiger partial charge in [0.05, 0.1) is 31.4 Å². The summed E-state index contributed by atoms with van der Waals surface area (Å²) in [4.78, 5) is 36.7. The Morgan fingerprint density at radius 3 is 3.00 bits per heavy atom. The molecule has 2 atom stereocenters. The molecule has 0 bridgehead atoms. The molecule has 1 unspecified atom stereocenters. The van der Waals surface area contributed by atoms with Crippen molar-refractivity contribution in [2.75, 3.05) is 31.3 Å². The van der Waals surface area contributed by atoms with E-state index in [1.54, 1.807) is 11.1 Å². The number of carbonyl (C=O) groups is 2. The standard InChI is InChI=1S/C22H25N5O4S/c28-20(24-10-15-3-4-19-23-6-7-26(19)12-15)18-11-25-22(32-18)27(13-17-2-1-8-31-17)21(29)16-5-9-30-14-16/h3-4,6-7,11-12,16-17H,1-2,5,8-10,13-14H2,(H,24,28)/t16?,17-/m1/s1. The third-order valence-corrected chi connectivity index (χ3v) is 6.83. The van der Waals surface area contributed by atoms with Gasteiger partial charge < -0.3 is 19.2 Å². The van der Waals surface area contributed by atoms with Crippen molar-refractivity contribution in [2.24, 2.45) is 5.92 Å². The molecule has 1 N–H and O–H groups in total. The summed E-state index contributed by atoms with van der Waals surface area (Å²) in [5, 5.41) is 3.46. The van der Waals surface area contributed by atoms with Crippen LogP contribution in [-0.2, 0) is 20.8 Å². The minimum absolute atomic E-state index is 0.000501. The quantitative estimate of drug-likeness (QED) is 0.587. The van der Waals surface area contributed by atoms with Crippen LogP contribution >= 0.6 is 11.3 Å². The van der Waals surface area contributed by atoms with Crippen LogP contribution in [0.3, 0.4) is 0 Å². The minimum Gasteiger partial charge on any atom is -0.381 e. The van der Waals surface area contributed by atoms with Crippen LogP contribution in [0.4, 0.5) is 5.13 Å². The molecule has 2 saturated heterocycles. The molecule has 2 aliphatic rings. The summed E-state index contributed by atoms with van der Waals surface area (Å²) >= 11 is 1.23. The molecular formula is C22H25N5O4S. The molecule has 9 nitrogen and oxygen atoms in total. The summed E-state index contributed by atoms with van der Waals surface area (Å²) in [6, 6.07) is 3.85. The van der Waals surface area contributed by atoms with Crippen LogP contribution in [0, 0.1) is 5.92 Å². The molecule has 5 rings (SSSR count). The van der Waals surface area contributed by atoms with Gasteiger partial charge in [-0.3, -0.25) is 14.5 Å². The Morgan fingerprint density at radius 2 is 2.19 bits per heavy atom. The van der Waals surface area contributed by atoms with E-state index in [0.29, 0.717) is 42.7 Å². The number of hydrogen-bond acceptors (Lipinski definition) is 7. The van der Waals surface area contributed by atoms with Gasteiger partial charge in [-0.2, -0.15) is 0 Å². The zero-order valence-electron chi connectivity index (χ0n) is 17.6. The van der Waals surface area contributed by atoms with E-state index in [1.807, 2.05) is 28.9 Å². The number of nitrogens with one attached hydrogen (secondary N) is 1.